The number of nitrogens with one attached hydrogen (secondary N) is 1. The molecule has 1 saturated carbocycles. The van der Waals surface area contributed by atoms with Gasteiger partial charge in [0, 0.05) is 12.5 Å². The SMILES string of the molecule is C#CCCC(NC)C1(C)CCCC1. The second-order valence-electron chi connectivity index (χ2n) is 4.45. The molecular formula is C12H21N. The molecule has 1 unspecified atom stereocenters. The number of rotatable bonds is 4. The van der Waals surface area contributed by atoms with Crippen molar-refractivity contribution in [2.45, 2.75) is 51.5 Å². The molecule has 1 aliphatic carbocycles. The molecular weight excluding hydrogens is 158 g/mol. The fraction of sp³-hybridized carbons (Fsp3) is 0.833. The van der Waals surface area contributed by atoms with Crippen molar-refractivity contribution in [1.82, 2.24) is 5.32 Å². The first-order valence-corrected chi connectivity index (χ1v) is 5.33. The van der Waals surface area contributed by atoms with Crippen LogP contribution in [0.15, 0.2) is 0 Å². The van der Waals surface area contributed by atoms with Crippen molar-refractivity contribution in [3.8, 4) is 12.3 Å². The molecule has 13 heavy (non-hydrogen) atoms. The molecule has 1 fully saturated rings. The third-order valence-electron chi connectivity index (χ3n) is 3.51. The zero-order valence-corrected chi connectivity index (χ0v) is 8.90. The molecule has 0 spiro atoms. The average molecular weight is 179 g/mol. The Bertz CT molecular complexity index is 184. The van der Waals surface area contributed by atoms with Gasteiger partial charge in [-0.05, 0) is 31.7 Å². The van der Waals surface area contributed by atoms with Crippen LogP contribution >= 0.6 is 0 Å². The van der Waals surface area contributed by atoms with E-state index in [9.17, 15) is 0 Å². The van der Waals surface area contributed by atoms with Gasteiger partial charge in [0.05, 0.1) is 0 Å². The van der Waals surface area contributed by atoms with Gasteiger partial charge in [0.1, 0.15) is 0 Å². The number of terminal acetylenes is 1. The summed E-state index contributed by atoms with van der Waals surface area (Å²) in [7, 11) is 2.06. The molecule has 0 aromatic rings. The van der Waals surface area contributed by atoms with Gasteiger partial charge >= 0.3 is 0 Å². The summed E-state index contributed by atoms with van der Waals surface area (Å²) in [5.41, 5.74) is 0.506. The quantitative estimate of drug-likeness (QED) is 0.654. The van der Waals surface area contributed by atoms with Crippen LogP contribution in [0.25, 0.3) is 0 Å². The van der Waals surface area contributed by atoms with Gasteiger partial charge in [0.15, 0.2) is 0 Å². The summed E-state index contributed by atoms with van der Waals surface area (Å²) in [6.45, 7) is 2.40. The molecule has 0 radical (unpaired) electrons. The average Bonchev–Trinajstić information content (AvgIpc) is 2.54. The zero-order valence-electron chi connectivity index (χ0n) is 8.90. The minimum absolute atomic E-state index is 0.506. The van der Waals surface area contributed by atoms with Gasteiger partial charge in [-0.25, -0.2) is 0 Å². The highest BCUT2D eigenvalue weighted by Crippen LogP contribution is 2.41. The maximum Gasteiger partial charge on any atom is 0.0127 e. The third kappa shape index (κ3) is 2.48. The summed E-state index contributed by atoms with van der Waals surface area (Å²) in [5, 5.41) is 3.42. The zero-order chi connectivity index (χ0) is 9.73. The molecule has 1 atom stereocenters. The van der Waals surface area contributed by atoms with Crippen molar-refractivity contribution in [2.75, 3.05) is 7.05 Å². The van der Waals surface area contributed by atoms with Gasteiger partial charge in [-0.2, -0.15) is 0 Å². The fourth-order valence-electron chi connectivity index (χ4n) is 2.60. The summed E-state index contributed by atoms with van der Waals surface area (Å²) in [6, 6.07) is 0.617. The van der Waals surface area contributed by atoms with Crippen LogP contribution in [0.3, 0.4) is 0 Å². The van der Waals surface area contributed by atoms with Crippen LogP contribution in [0.5, 0.6) is 0 Å². The predicted octanol–water partition coefficient (Wildman–Crippen LogP) is 2.57. The van der Waals surface area contributed by atoms with Gasteiger partial charge in [0.2, 0.25) is 0 Å². The molecule has 1 N–H and O–H groups in total. The normalized spacial score (nSPS) is 22.5. The molecule has 0 bridgehead atoms. The topological polar surface area (TPSA) is 12.0 Å². The van der Waals surface area contributed by atoms with Gasteiger partial charge in [-0.1, -0.05) is 19.8 Å². The molecule has 0 amide bonds. The van der Waals surface area contributed by atoms with E-state index in [1.807, 2.05) is 0 Å². The largest absolute Gasteiger partial charge is 0.316 e. The molecule has 1 heteroatoms. The second kappa shape index (κ2) is 4.67. The monoisotopic (exact) mass is 179 g/mol. The summed E-state index contributed by atoms with van der Waals surface area (Å²) in [4.78, 5) is 0. The first-order chi connectivity index (χ1) is 6.23. The maximum atomic E-state index is 5.30. The van der Waals surface area contributed by atoms with E-state index in [0.717, 1.165) is 12.8 Å². The maximum absolute atomic E-state index is 5.30. The van der Waals surface area contributed by atoms with Crippen molar-refractivity contribution in [3.05, 3.63) is 0 Å². The Morgan fingerprint density at radius 1 is 1.46 bits per heavy atom. The van der Waals surface area contributed by atoms with Crippen LogP contribution in [-0.4, -0.2) is 13.1 Å². The Labute approximate surface area is 82.3 Å². The van der Waals surface area contributed by atoms with Crippen LogP contribution in [0.1, 0.15) is 45.4 Å². The lowest BCUT2D eigenvalue weighted by molar-refractivity contribution is 0.221. The number of hydrogen-bond donors (Lipinski definition) is 1. The summed E-state index contributed by atoms with van der Waals surface area (Å²) < 4.78 is 0. The second-order valence-corrected chi connectivity index (χ2v) is 4.45. The van der Waals surface area contributed by atoms with E-state index in [2.05, 4.69) is 25.2 Å². The van der Waals surface area contributed by atoms with E-state index < -0.39 is 0 Å². The molecule has 0 aromatic carbocycles. The molecule has 0 saturated heterocycles. The van der Waals surface area contributed by atoms with E-state index in [1.54, 1.807) is 0 Å². The fourth-order valence-corrected chi connectivity index (χ4v) is 2.60. The van der Waals surface area contributed by atoms with Gasteiger partial charge in [-0.15, -0.1) is 12.3 Å². The van der Waals surface area contributed by atoms with E-state index >= 15 is 0 Å². The van der Waals surface area contributed by atoms with Crippen molar-refractivity contribution in [2.24, 2.45) is 5.41 Å². The Kier molecular flexibility index (Phi) is 3.81. The van der Waals surface area contributed by atoms with E-state index in [1.165, 1.54) is 25.7 Å². The van der Waals surface area contributed by atoms with E-state index in [-0.39, 0.29) is 0 Å². The lowest BCUT2D eigenvalue weighted by atomic mass is 9.78. The lowest BCUT2D eigenvalue weighted by Crippen LogP contribution is -2.40. The smallest absolute Gasteiger partial charge is 0.0127 e. The summed E-state index contributed by atoms with van der Waals surface area (Å²) in [6.07, 6.45) is 12.8. The Hall–Kier alpha value is -0.480. The minimum atomic E-state index is 0.506. The van der Waals surface area contributed by atoms with Crippen LogP contribution < -0.4 is 5.32 Å². The van der Waals surface area contributed by atoms with Crippen LogP contribution in [0.4, 0.5) is 0 Å². The predicted molar refractivity (Wildman–Crippen MR) is 57.5 cm³/mol. The molecule has 74 valence electrons. The van der Waals surface area contributed by atoms with Gasteiger partial charge in [0.25, 0.3) is 0 Å². The van der Waals surface area contributed by atoms with Gasteiger partial charge in [-0.3, -0.25) is 0 Å². The highest BCUT2D eigenvalue weighted by atomic mass is 14.9. The highest BCUT2D eigenvalue weighted by molar-refractivity contribution is 4.94. The Morgan fingerprint density at radius 3 is 2.54 bits per heavy atom. The van der Waals surface area contributed by atoms with Crippen LogP contribution in [-0.2, 0) is 0 Å². The molecule has 0 heterocycles. The van der Waals surface area contributed by atoms with Crippen LogP contribution in [0.2, 0.25) is 0 Å². The molecule has 1 nitrogen and oxygen atoms in total. The van der Waals surface area contributed by atoms with Crippen molar-refractivity contribution >= 4 is 0 Å². The van der Waals surface area contributed by atoms with Crippen molar-refractivity contribution in [1.29, 1.82) is 0 Å². The number of hydrogen-bond acceptors (Lipinski definition) is 1. The van der Waals surface area contributed by atoms with E-state index in [0.29, 0.717) is 11.5 Å². The Morgan fingerprint density at radius 2 is 2.08 bits per heavy atom. The highest BCUT2D eigenvalue weighted by Gasteiger charge is 2.35. The molecule has 1 aliphatic rings. The molecule has 0 aromatic heterocycles. The molecule has 1 rings (SSSR count). The minimum Gasteiger partial charge on any atom is -0.316 e. The Balaban J connectivity index is 2.49. The lowest BCUT2D eigenvalue weighted by Gasteiger charge is -2.33. The van der Waals surface area contributed by atoms with Crippen LogP contribution in [0, 0.1) is 17.8 Å². The van der Waals surface area contributed by atoms with Crippen molar-refractivity contribution < 1.29 is 0 Å². The standard InChI is InChI=1S/C12H21N/c1-4-5-8-11(13-3)12(2)9-6-7-10-12/h1,11,13H,5-10H2,2-3H3. The third-order valence-corrected chi connectivity index (χ3v) is 3.51. The summed E-state index contributed by atoms with van der Waals surface area (Å²) in [5.74, 6) is 2.73. The van der Waals surface area contributed by atoms with E-state index in [4.69, 9.17) is 6.42 Å². The first kappa shape index (κ1) is 10.6. The van der Waals surface area contributed by atoms with Crippen molar-refractivity contribution in [3.63, 3.8) is 0 Å². The molecule has 0 aliphatic heterocycles. The summed E-state index contributed by atoms with van der Waals surface area (Å²) >= 11 is 0. The van der Waals surface area contributed by atoms with Gasteiger partial charge < -0.3 is 5.32 Å². The first-order valence-electron chi connectivity index (χ1n) is 5.33.